The van der Waals surface area contributed by atoms with Gasteiger partial charge in [0.05, 0.1) is 6.54 Å². The lowest BCUT2D eigenvalue weighted by atomic mass is 10.2. The van der Waals surface area contributed by atoms with E-state index in [-0.39, 0.29) is 0 Å². The molecule has 2 aromatic rings. The molecule has 1 N–H and O–H groups in total. The Morgan fingerprint density at radius 1 is 1.21 bits per heavy atom. The van der Waals surface area contributed by atoms with Crippen LogP contribution in [0.25, 0.3) is 11.5 Å². The van der Waals surface area contributed by atoms with Gasteiger partial charge in [0.2, 0.25) is 11.8 Å². The first-order valence-corrected chi connectivity index (χ1v) is 6.41. The van der Waals surface area contributed by atoms with E-state index in [9.17, 15) is 0 Å². The van der Waals surface area contributed by atoms with Crippen LogP contribution < -0.4 is 5.32 Å². The van der Waals surface area contributed by atoms with Crippen molar-refractivity contribution in [3.8, 4) is 11.5 Å². The molecule has 1 aromatic carbocycles. The van der Waals surface area contributed by atoms with Gasteiger partial charge in [-0.15, -0.1) is 10.2 Å². The number of rotatable bonds is 6. The monoisotopic (exact) mass is 260 g/mol. The van der Waals surface area contributed by atoms with Gasteiger partial charge in [-0.2, -0.15) is 0 Å². The molecule has 0 radical (unpaired) electrons. The molecular weight excluding hydrogens is 240 g/mol. The second kappa shape index (κ2) is 6.45. The van der Waals surface area contributed by atoms with E-state index in [0.29, 0.717) is 24.4 Å². The molecule has 19 heavy (non-hydrogen) atoms. The van der Waals surface area contributed by atoms with Crippen LogP contribution in [0, 0.1) is 0 Å². The van der Waals surface area contributed by atoms with Crippen molar-refractivity contribution >= 4 is 0 Å². The van der Waals surface area contributed by atoms with Crippen LogP contribution in [0.1, 0.15) is 12.8 Å². The third-order valence-electron chi connectivity index (χ3n) is 2.73. The summed E-state index contributed by atoms with van der Waals surface area (Å²) in [6, 6.07) is 10.2. The zero-order chi connectivity index (χ0) is 13.7. The summed E-state index contributed by atoms with van der Waals surface area (Å²) in [5, 5.41) is 11.5. The van der Waals surface area contributed by atoms with Gasteiger partial charge in [-0.1, -0.05) is 18.2 Å². The molecule has 5 nitrogen and oxygen atoms in total. The first-order valence-electron chi connectivity index (χ1n) is 6.41. The maximum atomic E-state index is 5.63. The quantitative estimate of drug-likeness (QED) is 0.858. The Balaban J connectivity index is 1.91. The summed E-state index contributed by atoms with van der Waals surface area (Å²) in [5.74, 6) is 1.18. The Morgan fingerprint density at radius 3 is 2.63 bits per heavy atom. The molecule has 0 amide bonds. The number of hydrogen-bond donors (Lipinski definition) is 1. The van der Waals surface area contributed by atoms with E-state index in [2.05, 4.69) is 41.4 Å². The predicted molar refractivity (Wildman–Crippen MR) is 74.6 cm³/mol. The number of nitrogens with one attached hydrogen (secondary N) is 1. The normalized spacial score (nSPS) is 12.8. The average Bonchev–Trinajstić information content (AvgIpc) is 2.85. The van der Waals surface area contributed by atoms with Crippen molar-refractivity contribution in [1.82, 2.24) is 20.4 Å². The highest BCUT2D eigenvalue weighted by atomic mass is 16.4. The summed E-state index contributed by atoms with van der Waals surface area (Å²) in [6.07, 6.45) is 0. The van der Waals surface area contributed by atoms with E-state index in [4.69, 9.17) is 4.42 Å². The maximum absolute atomic E-state index is 5.63. The molecule has 2 rings (SSSR count). The topological polar surface area (TPSA) is 54.2 Å². The Kier molecular flexibility index (Phi) is 4.65. The summed E-state index contributed by atoms with van der Waals surface area (Å²) in [7, 11) is 4.11. The summed E-state index contributed by atoms with van der Waals surface area (Å²) >= 11 is 0. The van der Waals surface area contributed by atoms with E-state index < -0.39 is 0 Å². The molecule has 5 heteroatoms. The van der Waals surface area contributed by atoms with Crippen LogP contribution in [0.15, 0.2) is 34.7 Å². The lowest BCUT2D eigenvalue weighted by Crippen LogP contribution is -2.35. The first kappa shape index (κ1) is 13.7. The Hall–Kier alpha value is -1.72. The van der Waals surface area contributed by atoms with E-state index in [0.717, 1.165) is 12.1 Å². The van der Waals surface area contributed by atoms with Crippen LogP contribution in [-0.2, 0) is 6.54 Å². The minimum atomic E-state index is 0.377. The van der Waals surface area contributed by atoms with E-state index in [1.807, 2.05) is 30.3 Å². The maximum Gasteiger partial charge on any atom is 0.247 e. The van der Waals surface area contributed by atoms with Gasteiger partial charge in [-0.3, -0.25) is 0 Å². The average molecular weight is 260 g/mol. The highest BCUT2D eigenvalue weighted by Crippen LogP contribution is 2.16. The number of aromatic nitrogens is 2. The number of nitrogens with zero attached hydrogens (tertiary/aromatic N) is 3. The molecule has 1 atom stereocenters. The van der Waals surface area contributed by atoms with Crippen LogP contribution in [0.3, 0.4) is 0 Å². The van der Waals surface area contributed by atoms with Crippen molar-refractivity contribution in [2.45, 2.75) is 19.5 Å². The first-order chi connectivity index (χ1) is 9.15. The zero-order valence-electron chi connectivity index (χ0n) is 11.6. The standard InChI is InChI=1S/C14H20N4O/c1-11(10-18(2)3)15-9-13-16-17-14(19-13)12-7-5-4-6-8-12/h4-8,11,15H,9-10H2,1-3H3. The minimum absolute atomic E-state index is 0.377. The van der Waals surface area contributed by atoms with Crippen molar-refractivity contribution in [2.24, 2.45) is 0 Å². The van der Waals surface area contributed by atoms with Crippen molar-refractivity contribution in [2.75, 3.05) is 20.6 Å². The Bertz CT molecular complexity index is 495. The summed E-state index contributed by atoms with van der Waals surface area (Å²) < 4.78 is 5.63. The van der Waals surface area contributed by atoms with Crippen LogP contribution in [0.5, 0.6) is 0 Å². The zero-order valence-corrected chi connectivity index (χ0v) is 11.6. The smallest absolute Gasteiger partial charge is 0.247 e. The molecule has 0 saturated heterocycles. The van der Waals surface area contributed by atoms with Gasteiger partial charge in [0.1, 0.15) is 0 Å². The van der Waals surface area contributed by atoms with Gasteiger partial charge < -0.3 is 14.6 Å². The van der Waals surface area contributed by atoms with E-state index in [1.54, 1.807) is 0 Å². The third kappa shape index (κ3) is 4.15. The van der Waals surface area contributed by atoms with Crippen LogP contribution >= 0.6 is 0 Å². The van der Waals surface area contributed by atoms with Gasteiger partial charge in [0.15, 0.2) is 0 Å². The number of benzene rings is 1. The molecule has 1 aromatic heterocycles. The van der Waals surface area contributed by atoms with Gasteiger partial charge in [0.25, 0.3) is 0 Å². The van der Waals surface area contributed by atoms with Crippen molar-refractivity contribution in [1.29, 1.82) is 0 Å². The highest BCUT2D eigenvalue weighted by molar-refractivity contribution is 5.51. The molecule has 1 heterocycles. The van der Waals surface area contributed by atoms with Crippen LogP contribution in [0.2, 0.25) is 0 Å². The van der Waals surface area contributed by atoms with Gasteiger partial charge in [0, 0.05) is 18.2 Å². The van der Waals surface area contributed by atoms with Crippen molar-refractivity contribution in [3.63, 3.8) is 0 Å². The fourth-order valence-corrected chi connectivity index (χ4v) is 1.90. The summed E-state index contributed by atoms with van der Waals surface area (Å²) in [5.41, 5.74) is 0.947. The molecule has 1 unspecified atom stereocenters. The predicted octanol–water partition coefficient (Wildman–Crippen LogP) is 1.78. The Labute approximate surface area is 113 Å². The minimum Gasteiger partial charge on any atom is -0.419 e. The summed E-state index contributed by atoms with van der Waals surface area (Å²) in [4.78, 5) is 2.14. The van der Waals surface area contributed by atoms with E-state index in [1.165, 1.54) is 0 Å². The second-order valence-electron chi connectivity index (χ2n) is 4.91. The third-order valence-corrected chi connectivity index (χ3v) is 2.73. The fraction of sp³-hybridized carbons (Fsp3) is 0.429. The molecule has 0 aliphatic carbocycles. The van der Waals surface area contributed by atoms with Crippen molar-refractivity contribution < 1.29 is 4.42 Å². The molecule has 0 saturated carbocycles. The summed E-state index contributed by atoms with van der Waals surface area (Å²) in [6.45, 7) is 3.70. The van der Waals surface area contributed by atoms with Crippen molar-refractivity contribution in [3.05, 3.63) is 36.2 Å². The molecule has 0 fully saturated rings. The van der Waals surface area contributed by atoms with Crippen LogP contribution in [0.4, 0.5) is 0 Å². The second-order valence-corrected chi connectivity index (χ2v) is 4.91. The fourth-order valence-electron chi connectivity index (χ4n) is 1.90. The largest absolute Gasteiger partial charge is 0.419 e. The number of likely N-dealkylation sites (N-methyl/N-ethyl adjacent to an activating group) is 1. The molecular formula is C14H20N4O. The lowest BCUT2D eigenvalue weighted by molar-refractivity contribution is 0.339. The molecule has 0 aliphatic heterocycles. The van der Waals surface area contributed by atoms with Gasteiger partial charge in [-0.25, -0.2) is 0 Å². The van der Waals surface area contributed by atoms with E-state index >= 15 is 0 Å². The SMILES string of the molecule is CC(CN(C)C)NCc1nnc(-c2ccccc2)o1. The van der Waals surface area contributed by atoms with Gasteiger partial charge >= 0.3 is 0 Å². The lowest BCUT2D eigenvalue weighted by Gasteiger charge is -2.17. The molecule has 0 spiro atoms. The highest BCUT2D eigenvalue weighted by Gasteiger charge is 2.09. The number of hydrogen-bond acceptors (Lipinski definition) is 5. The van der Waals surface area contributed by atoms with Gasteiger partial charge in [-0.05, 0) is 33.2 Å². The van der Waals surface area contributed by atoms with Crippen LogP contribution in [-0.4, -0.2) is 41.8 Å². The molecule has 0 bridgehead atoms. The Morgan fingerprint density at radius 2 is 1.95 bits per heavy atom. The molecule has 102 valence electrons. The molecule has 0 aliphatic rings.